The van der Waals surface area contributed by atoms with E-state index < -0.39 is 0 Å². The maximum absolute atomic E-state index is 11.8. The van der Waals surface area contributed by atoms with Crippen LogP contribution in [-0.4, -0.2) is 22.6 Å². The van der Waals surface area contributed by atoms with Crippen LogP contribution < -0.4 is 5.43 Å². The molecule has 1 N–H and O–H groups in total. The topological polar surface area (TPSA) is 59.3 Å². The first-order chi connectivity index (χ1) is 7.77. The standard InChI is InChI=1S/C12H11NO3/c14-6-5-13-7-9(8-15)12(16)10-3-1-2-4-11(10)13/h1-4,7-8,14H,5-6H2. The Kier molecular flexibility index (Phi) is 2.83. The number of nitrogens with zero attached hydrogens (tertiary/aromatic N) is 1. The molecule has 0 aliphatic rings. The van der Waals surface area contributed by atoms with Crippen molar-refractivity contribution in [2.75, 3.05) is 6.61 Å². The third kappa shape index (κ3) is 1.63. The Balaban J connectivity index is 2.84. The minimum atomic E-state index is -0.264. The summed E-state index contributed by atoms with van der Waals surface area (Å²) in [6.45, 7) is 0.326. The van der Waals surface area contributed by atoms with Gasteiger partial charge in [-0.25, -0.2) is 0 Å². The monoisotopic (exact) mass is 217 g/mol. The molecular formula is C12H11NO3. The van der Waals surface area contributed by atoms with Crippen LogP contribution in [0.4, 0.5) is 0 Å². The summed E-state index contributed by atoms with van der Waals surface area (Å²) < 4.78 is 1.71. The maximum Gasteiger partial charge on any atom is 0.199 e. The van der Waals surface area contributed by atoms with Gasteiger partial charge in [-0.3, -0.25) is 9.59 Å². The summed E-state index contributed by atoms with van der Waals surface area (Å²) in [5, 5.41) is 9.43. The van der Waals surface area contributed by atoms with E-state index in [1.165, 1.54) is 6.20 Å². The molecule has 0 bridgehead atoms. The van der Waals surface area contributed by atoms with Gasteiger partial charge < -0.3 is 9.67 Å². The van der Waals surface area contributed by atoms with Crippen molar-refractivity contribution in [2.24, 2.45) is 0 Å². The van der Waals surface area contributed by atoms with Gasteiger partial charge in [0.2, 0.25) is 0 Å². The number of rotatable bonds is 3. The molecule has 0 radical (unpaired) electrons. The lowest BCUT2D eigenvalue weighted by molar-refractivity contribution is 0.112. The number of carbonyl (C=O) groups excluding carboxylic acids is 1. The van der Waals surface area contributed by atoms with Crippen LogP contribution in [0.15, 0.2) is 35.3 Å². The highest BCUT2D eigenvalue weighted by Gasteiger charge is 2.07. The molecule has 0 saturated heterocycles. The number of aromatic nitrogens is 1. The molecule has 1 heterocycles. The van der Waals surface area contributed by atoms with E-state index in [9.17, 15) is 9.59 Å². The van der Waals surface area contributed by atoms with Crippen LogP contribution in [0.5, 0.6) is 0 Å². The lowest BCUT2D eigenvalue weighted by atomic mass is 10.1. The van der Waals surface area contributed by atoms with Gasteiger partial charge in [-0.1, -0.05) is 12.1 Å². The number of benzene rings is 1. The van der Waals surface area contributed by atoms with Crippen LogP contribution >= 0.6 is 0 Å². The smallest absolute Gasteiger partial charge is 0.199 e. The minimum Gasteiger partial charge on any atom is -0.395 e. The van der Waals surface area contributed by atoms with E-state index in [1.807, 2.05) is 6.07 Å². The normalized spacial score (nSPS) is 10.6. The molecule has 4 heteroatoms. The number of aliphatic hydroxyl groups excluding tert-OH is 1. The van der Waals surface area contributed by atoms with Gasteiger partial charge in [0.05, 0.1) is 17.7 Å². The van der Waals surface area contributed by atoms with Gasteiger partial charge in [-0.05, 0) is 12.1 Å². The molecule has 0 atom stereocenters. The maximum atomic E-state index is 11.8. The third-order valence-corrected chi connectivity index (χ3v) is 2.48. The average Bonchev–Trinajstić information content (AvgIpc) is 2.33. The van der Waals surface area contributed by atoms with Crippen molar-refractivity contribution in [3.05, 3.63) is 46.2 Å². The number of hydrogen-bond acceptors (Lipinski definition) is 3. The number of para-hydroxylation sites is 1. The Labute approximate surface area is 91.8 Å². The number of pyridine rings is 1. The Morgan fingerprint density at radius 3 is 2.75 bits per heavy atom. The predicted molar refractivity (Wildman–Crippen MR) is 60.7 cm³/mol. The fraction of sp³-hybridized carbons (Fsp3) is 0.167. The van der Waals surface area contributed by atoms with E-state index in [0.29, 0.717) is 18.2 Å². The highest BCUT2D eigenvalue weighted by Crippen LogP contribution is 2.10. The summed E-state index contributed by atoms with van der Waals surface area (Å²) >= 11 is 0. The number of carbonyl (C=O) groups is 1. The summed E-state index contributed by atoms with van der Waals surface area (Å²) in [7, 11) is 0. The zero-order chi connectivity index (χ0) is 11.5. The van der Waals surface area contributed by atoms with Crippen molar-refractivity contribution in [3.8, 4) is 0 Å². The van der Waals surface area contributed by atoms with Crippen molar-refractivity contribution in [2.45, 2.75) is 6.54 Å². The van der Waals surface area contributed by atoms with Gasteiger partial charge in [0.25, 0.3) is 0 Å². The highest BCUT2D eigenvalue weighted by molar-refractivity contribution is 5.85. The molecule has 0 amide bonds. The molecule has 0 unspecified atom stereocenters. The Morgan fingerprint density at radius 1 is 1.31 bits per heavy atom. The summed E-state index contributed by atoms with van der Waals surface area (Å²) in [5.74, 6) is 0. The van der Waals surface area contributed by atoms with E-state index in [4.69, 9.17) is 5.11 Å². The second-order valence-corrected chi connectivity index (χ2v) is 3.47. The summed E-state index contributed by atoms with van der Waals surface area (Å²) in [6.07, 6.45) is 2.02. The molecule has 2 aromatic rings. The number of hydrogen-bond donors (Lipinski definition) is 1. The molecule has 1 aromatic carbocycles. The van der Waals surface area contributed by atoms with Gasteiger partial charge in [0, 0.05) is 18.1 Å². The lowest BCUT2D eigenvalue weighted by Gasteiger charge is -2.09. The van der Waals surface area contributed by atoms with Gasteiger partial charge in [0.1, 0.15) is 0 Å². The third-order valence-electron chi connectivity index (χ3n) is 2.48. The molecule has 0 aliphatic carbocycles. The first kappa shape index (κ1) is 10.6. The second kappa shape index (κ2) is 4.28. The number of fused-ring (bicyclic) bond motifs is 1. The Bertz CT molecular complexity index is 586. The summed E-state index contributed by atoms with van der Waals surface area (Å²) in [6, 6.07) is 7.04. The Morgan fingerprint density at radius 2 is 2.06 bits per heavy atom. The van der Waals surface area contributed by atoms with Gasteiger partial charge in [-0.15, -0.1) is 0 Å². The van der Waals surface area contributed by atoms with Crippen LogP contribution in [0.3, 0.4) is 0 Å². The van der Waals surface area contributed by atoms with Crippen molar-refractivity contribution in [3.63, 3.8) is 0 Å². The predicted octanol–water partition coefficient (Wildman–Crippen LogP) is 0.806. The molecule has 16 heavy (non-hydrogen) atoms. The van der Waals surface area contributed by atoms with Gasteiger partial charge >= 0.3 is 0 Å². The molecule has 0 aliphatic heterocycles. The van der Waals surface area contributed by atoms with Crippen molar-refractivity contribution >= 4 is 17.2 Å². The van der Waals surface area contributed by atoms with Crippen LogP contribution in [0.25, 0.3) is 10.9 Å². The van der Waals surface area contributed by atoms with Crippen molar-refractivity contribution in [1.29, 1.82) is 0 Å². The van der Waals surface area contributed by atoms with Gasteiger partial charge in [0.15, 0.2) is 11.7 Å². The fourth-order valence-electron chi connectivity index (χ4n) is 1.74. The van der Waals surface area contributed by atoms with E-state index in [0.717, 1.165) is 5.52 Å². The first-order valence-corrected chi connectivity index (χ1v) is 4.96. The molecule has 82 valence electrons. The second-order valence-electron chi connectivity index (χ2n) is 3.47. The van der Waals surface area contributed by atoms with Crippen molar-refractivity contribution < 1.29 is 9.90 Å². The quantitative estimate of drug-likeness (QED) is 0.774. The number of aliphatic hydroxyl groups is 1. The average molecular weight is 217 g/mol. The first-order valence-electron chi connectivity index (χ1n) is 4.96. The van der Waals surface area contributed by atoms with Crippen LogP contribution in [0, 0.1) is 0 Å². The zero-order valence-electron chi connectivity index (χ0n) is 8.59. The fourth-order valence-corrected chi connectivity index (χ4v) is 1.74. The molecule has 0 fully saturated rings. The molecular weight excluding hydrogens is 206 g/mol. The van der Waals surface area contributed by atoms with E-state index in [-0.39, 0.29) is 17.6 Å². The SMILES string of the molecule is O=Cc1cn(CCO)c2ccccc2c1=O. The van der Waals surface area contributed by atoms with Crippen LogP contribution in [-0.2, 0) is 6.54 Å². The zero-order valence-corrected chi connectivity index (χ0v) is 8.59. The van der Waals surface area contributed by atoms with E-state index in [1.54, 1.807) is 22.8 Å². The van der Waals surface area contributed by atoms with Gasteiger partial charge in [-0.2, -0.15) is 0 Å². The largest absolute Gasteiger partial charge is 0.395 e. The van der Waals surface area contributed by atoms with E-state index >= 15 is 0 Å². The molecule has 0 spiro atoms. The van der Waals surface area contributed by atoms with Crippen LogP contribution in [0.2, 0.25) is 0 Å². The summed E-state index contributed by atoms with van der Waals surface area (Å²) in [5.41, 5.74) is 0.582. The molecule has 1 aromatic heterocycles. The van der Waals surface area contributed by atoms with E-state index in [2.05, 4.69) is 0 Å². The molecule has 4 nitrogen and oxygen atoms in total. The number of aldehydes is 1. The van der Waals surface area contributed by atoms with Crippen molar-refractivity contribution in [1.82, 2.24) is 4.57 Å². The molecule has 0 saturated carbocycles. The molecule has 2 rings (SSSR count). The summed E-state index contributed by atoms with van der Waals surface area (Å²) in [4.78, 5) is 22.6. The lowest BCUT2D eigenvalue weighted by Crippen LogP contribution is -2.15. The Hall–Kier alpha value is -1.94. The van der Waals surface area contributed by atoms with Crippen LogP contribution in [0.1, 0.15) is 10.4 Å². The highest BCUT2D eigenvalue weighted by atomic mass is 16.3. The minimum absolute atomic E-state index is 0.0365.